The highest BCUT2D eigenvalue weighted by atomic mass is 35.5. The minimum atomic E-state index is 0. The summed E-state index contributed by atoms with van der Waals surface area (Å²) in [5.41, 5.74) is 1.42. The molecule has 1 atom stereocenters. The van der Waals surface area contributed by atoms with Crippen molar-refractivity contribution in [3.63, 3.8) is 0 Å². The number of benzene rings is 1. The zero-order valence-corrected chi connectivity index (χ0v) is 19.7. The van der Waals surface area contributed by atoms with Crippen LogP contribution >= 0.6 is 0 Å². The van der Waals surface area contributed by atoms with Gasteiger partial charge in [0, 0.05) is 12.0 Å². The Kier molecular flexibility index (Phi) is 16.6. The summed E-state index contributed by atoms with van der Waals surface area (Å²) >= 11 is 0. The largest absolute Gasteiger partial charge is 1.00 e. The molecular weight excluding hydrogens is 362 g/mol. The predicted molar refractivity (Wildman–Crippen MR) is 122 cm³/mol. The molecule has 0 N–H and O–H groups in total. The monoisotopic (exact) mass is 407 g/mol. The van der Waals surface area contributed by atoms with Gasteiger partial charge in [0.15, 0.2) is 0 Å². The highest BCUT2D eigenvalue weighted by Gasteiger charge is 2.25. The Bertz CT molecular complexity index is 469. The van der Waals surface area contributed by atoms with Crippen LogP contribution in [0.3, 0.4) is 0 Å². The Labute approximate surface area is 182 Å². The second-order valence-corrected chi connectivity index (χ2v) is 8.90. The van der Waals surface area contributed by atoms with Gasteiger partial charge in [-0.3, -0.25) is 0 Å². The van der Waals surface area contributed by atoms with E-state index >= 15 is 0 Å². The fourth-order valence-corrected chi connectivity index (χ4v) is 4.12. The number of rotatable bonds is 17. The molecule has 0 aliphatic rings. The Morgan fingerprint density at radius 1 is 0.786 bits per heavy atom. The molecule has 0 aliphatic heterocycles. The molecule has 0 spiro atoms. The number of nitrogens with zero attached hydrogens (tertiary/aromatic N) is 1. The first-order valence-electron chi connectivity index (χ1n) is 11.6. The standard InChI is InChI=1S/C26H46N.ClH/c1-5-7-8-9-10-11-12-13-14-15-16-20-23-26(6-2)27(3,4)24-25-21-18-17-19-22-25;/h6,17-19,21-22,26H,2,5,7-16,20,23-24H2,1,3-4H3;1H/q+1;/p-1. The van der Waals surface area contributed by atoms with E-state index in [1.807, 2.05) is 0 Å². The zero-order chi connectivity index (χ0) is 19.8. The van der Waals surface area contributed by atoms with Crippen molar-refractivity contribution in [3.8, 4) is 0 Å². The first kappa shape index (κ1) is 27.2. The molecule has 0 saturated carbocycles. The van der Waals surface area contributed by atoms with Crippen molar-refractivity contribution in [3.05, 3.63) is 48.6 Å². The second-order valence-electron chi connectivity index (χ2n) is 8.90. The molecule has 0 bridgehead atoms. The number of likely N-dealkylation sites (N-methyl/N-ethyl adjacent to an activating group) is 1. The maximum atomic E-state index is 4.13. The van der Waals surface area contributed by atoms with Crippen molar-refractivity contribution in [2.24, 2.45) is 0 Å². The van der Waals surface area contributed by atoms with Crippen LogP contribution in [-0.2, 0) is 6.54 Å². The van der Waals surface area contributed by atoms with E-state index in [9.17, 15) is 0 Å². The second kappa shape index (κ2) is 17.1. The normalized spacial score (nSPS) is 12.4. The lowest BCUT2D eigenvalue weighted by molar-refractivity contribution is -0.921. The van der Waals surface area contributed by atoms with E-state index < -0.39 is 0 Å². The number of halogens is 1. The molecule has 0 aromatic heterocycles. The lowest BCUT2D eigenvalue weighted by Crippen LogP contribution is -3.00. The summed E-state index contributed by atoms with van der Waals surface area (Å²) in [6, 6.07) is 11.4. The van der Waals surface area contributed by atoms with Crippen molar-refractivity contribution in [1.29, 1.82) is 0 Å². The van der Waals surface area contributed by atoms with Gasteiger partial charge < -0.3 is 16.9 Å². The summed E-state index contributed by atoms with van der Waals surface area (Å²) in [5, 5.41) is 0. The lowest BCUT2D eigenvalue weighted by Gasteiger charge is -2.37. The number of unbranched alkanes of at least 4 members (excludes halogenated alkanes) is 11. The minimum Gasteiger partial charge on any atom is -1.00 e. The summed E-state index contributed by atoms with van der Waals surface area (Å²) in [5.74, 6) is 0. The van der Waals surface area contributed by atoms with E-state index in [0.717, 1.165) is 11.0 Å². The molecule has 1 aromatic rings. The van der Waals surface area contributed by atoms with Gasteiger partial charge in [-0.1, -0.05) is 114 Å². The van der Waals surface area contributed by atoms with Crippen molar-refractivity contribution >= 4 is 0 Å². The van der Waals surface area contributed by atoms with Crippen LogP contribution < -0.4 is 12.4 Å². The summed E-state index contributed by atoms with van der Waals surface area (Å²) in [6.07, 6.45) is 20.5. The molecule has 0 radical (unpaired) electrons. The van der Waals surface area contributed by atoms with E-state index in [-0.39, 0.29) is 12.4 Å². The molecule has 0 amide bonds. The van der Waals surface area contributed by atoms with Crippen LogP contribution in [0.25, 0.3) is 0 Å². The Morgan fingerprint density at radius 3 is 1.71 bits per heavy atom. The minimum absolute atomic E-state index is 0. The molecule has 1 rings (SSSR count). The molecule has 0 saturated heterocycles. The van der Waals surface area contributed by atoms with Crippen LogP contribution in [0.2, 0.25) is 0 Å². The lowest BCUT2D eigenvalue weighted by atomic mass is 10.0. The average Bonchev–Trinajstić information content (AvgIpc) is 2.66. The van der Waals surface area contributed by atoms with Gasteiger partial charge in [0.2, 0.25) is 0 Å². The first-order chi connectivity index (χ1) is 13.1. The van der Waals surface area contributed by atoms with Crippen LogP contribution in [0, 0.1) is 0 Å². The quantitative estimate of drug-likeness (QED) is 0.195. The van der Waals surface area contributed by atoms with Gasteiger partial charge in [-0.05, 0) is 12.5 Å². The maximum absolute atomic E-state index is 4.13. The van der Waals surface area contributed by atoms with E-state index in [2.05, 4.69) is 64.0 Å². The summed E-state index contributed by atoms with van der Waals surface area (Å²) in [4.78, 5) is 0. The Hall–Kier alpha value is -0.790. The van der Waals surface area contributed by atoms with Crippen LogP contribution in [0.5, 0.6) is 0 Å². The predicted octanol–water partition coefficient (Wildman–Crippen LogP) is 4.91. The number of hydrogen-bond donors (Lipinski definition) is 0. The van der Waals surface area contributed by atoms with Gasteiger partial charge in [-0.25, -0.2) is 0 Å². The Morgan fingerprint density at radius 2 is 1.25 bits per heavy atom. The van der Waals surface area contributed by atoms with Gasteiger partial charge in [-0.15, -0.1) is 0 Å². The SMILES string of the molecule is C=CC(CCCCCCCCCCCCCC)[N+](C)(C)Cc1ccccc1.[Cl-]. The van der Waals surface area contributed by atoms with Crippen molar-refractivity contribution in [1.82, 2.24) is 0 Å². The van der Waals surface area contributed by atoms with Gasteiger partial charge in [0.1, 0.15) is 12.6 Å². The molecular formula is C26H46ClN. The highest BCUT2D eigenvalue weighted by molar-refractivity contribution is 5.13. The molecule has 0 heterocycles. The molecule has 0 aliphatic carbocycles. The van der Waals surface area contributed by atoms with Crippen molar-refractivity contribution in [2.75, 3.05) is 14.1 Å². The van der Waals surface area contributed by atoms with E-state index in [1.54, 1.807) is 0 Å². The molecule has 162 valence electrons. The van der Waals surface area contributed by atoms with E-state index in [0.29, 0.717) is 6.04 Å². The third kappa shape index (κ3) is 12.6. The highest BCUT2D eigenvalue weighted by Crippen LogP contribution is 2.20. The topological polar surface area (TPSA) is 0 Å². The van der Waals surface area contributed by atoms with Crippen LogP contribution in [-0.4, -0.2) is 24.6 Å². The third-order valence-electron chi connectivity index (χ3n) is 5.96. The van der Waals surface area contributed by atoms with E-state index in [1.165, 1.54) is 89.0 Å². The summed E-state index contributed by atoms with van der Waals surface area (Å²) in [7, 11) is 4.69. The van der Waals surface area contributed by atoms with Gasteiger partial charge in [0.05, 0.1) is 14.1 Å². The molecule has 1 nitrogen and oxygen atoms in total. The zero-order valence-electron chi connectivity index (χ0n) is 19.0. The van der Waals surface area contributed by atoms with Gasteiger partial charge in [0.25, 0.3) is 0 Å². The van der Waals surface area contributed by atoms with Crippen LogP contribution in [0.1, 0.15) is 96.0 Å². The van der Waals surface area contributed by atoms with Crippen molar-refractivity contribution < 1.29 is 16.9 Å². The van der Waals surface area contributed by atoms with Crippen LogP contribution in [0.15, 0.2) is 43.0 Å². The van der Waals surface area contributed by atoms with Gasteiger partial charge >= 0.3 is 0 Å². The first-order valence-corrected chi connectivity index (χ1v) is 11.6. The smallest absolute Gasteiger partial charge is 0.107 e. The Balaban J connectivity index is 0.00000729. The van der Waals surface area contributed by atoms with Crippen molar-refractivity contribution in [2.45, 2.75) is 103 Å². The third-order valence-corrected chi connectivity index (χ3v) is 5.96. The number of quaternary nitrogens is 1. The fraction of sp³-hybridized carbons (Fsp3) is 0.692. The molecule has 0 fully saturated rings. The molecule has 1 unspecified atom stereocenters. The van der Waals surface area contributed by atoms with E-state index in [4.69, 9.17) is 0 Å². The fourth-order valence-electron chi connectivity index (χ4n) is 4.12. The summed E-state index contributed by atoms with van der Waals surface area (Å²) < 4.78 is 1.01. The molecule has 1 aromatic carbocycles. The maximum Gasteiger partial charge on any atom is 0.107 e. The molecule has 28 heavy (non-hydrogen) atoms. The average molecular weight is 408 g/mol. The van der Waals surface area contributed by atoms with Crippen LogP contribution in [0.4, 0.5) is 0 Å². The molecule has 2 heteroatoms. The number of hydrogen-bond acceptors (Lipinski definition) is 0. The van der Waals surface area contributed by atoms with Gasteiger partial charge in [-0.2, -0.15) is 0 Å². The summed E-state index contributed by atoms with van der Waals surface area (Å²) in [6.45, 7) is 7.50.